The van der Waals surface area contributed by atoms with Crippen LogP contribution in [-0.4, -0.2) is 12.5 Å². The fourth-order valence-corrected chi connectivity index (χ4v) is 2.29. The molecule has 0 saturated carbocycles. The fourth-order valence-electron chi connectivity index (χ4n) is 2.29. The molecule has 1 aliphatic heterocycles. The molecule has 3 N–H and O–H groups in total. The molecular formula is C15H14N2O2. The van der Waals surface area contributed by atoms with E-state index in [0.29, 0.717) is 12.3 Å². The number of fused-ring (bicyclic) bond motifs is 1. The van der Waals surface area contributed by atoms with Crippen molar-refractivity contribution in [3.63, 3.8) is 0 Å². The minimum Gasteiger partial charge on any atom is -0.469 e. The van der Waals surface area contributed by atoms with Gasteiger partial charge < -0.3 is 15.8 Å². The average Bonchev–Trinajstić information content (AvgIpc) is 2.47. The number of rotatable bonds is 2. The Hall–Kier alpha value is -2.49. The Morgan fingerprint density at radius 1 is 1.11 bits per heavy atom. The Morgan fingerprint density at radius 2 is 1.79 bits per heavy atom. The number of amides is 1. The third kappa shape index (κ3) is 1.81. The van der Waals surface area contributed by atoms with Gasteiger partial charge >= 0.3 is 0 Å². The molecule has 0 radical (unpaired) electrons. The van der Waals surface area contributed by atoms with E-state index in [2.05, 4.69) is 5.32 Å². The molecular weight excluding hydrogens is 240 g/mol. The van der Waals surface area contributed by atoms with Crippen LogP contribution < -0.4 is 15.8 Å². The van der Waals surface area contributed by atoms with E-state index in [1.54, 1.807) is 0 Å². The zero-order valence-electron chi connectivity index (χ0n) is 10.3. The van der Waals surface area contributed by atoms with Crippen LogP contribution in [0.5, 0.6) is 5.75 Å². The number of benzene rings is 2. The van der Waals surface area contributed by atoms with Gasteiger partial charge in [0.05, 0.1) is 12.2 Å². The quantitative estimate of drug-likeness (QED) is 0.860. The van der Waals surface area contributed by atoms with Gasteiger partial charge in [-0.3, -0.25) is 4.79 Å². The number of hydrogen-bond donors (Lipinski definition) is 2. The molecule has 0 aliphatic carbocycles. The number of carbonyl (C=O) groups excluding carboxylic acids is 1. The number of primary amides is 1. The van der Waals surface area contributed by atoms with Crippen molar-refractivity contribution in [2.45, 2.75) is 5.60 Å². The van der Waals surface area contributed by atoms with Crippen molar-refractivity contribution in [2.24, 2.45) is 5.73 Å². The lowest BCUT2D eigenvalue weighted by molar-refractivity contribution is -0.133. The largest absolute Gasteiger partial charge is 0.469 e. The van der Waals surface area contributed by atoms with Gasteiger partial charge in [0.25, 0.3) is 5.91 Å². The summed E-state index contributed by atoms with van der Waals surface area (Å²) < 4.78 is 5.93. The molecule has 3 rings (SSSR count). The lowest BCUT2D eigenvalue weighted by Gasteiger charge is -2.37. The van der Waals surface area contributed by atoms with Crippen LogP contribution in [0.1, 0.15) is 5.56 Å². The van der Waals surface area contributed by atoms with Gasteiger partial charge in [0.1, 0.15) is 5.75 Å². The maximum atomic E-state index is 11.9. The van der Waals surface area contributed by atoms with Crippen LogP contribution in [0.4, 0.5) is 5.69 Å². The Labute approximate surface area is 111 Å². The van der Waals surface area contributed by atoms with E-state index < -0.39 is 11.5 Å². The van der Waals surface area contributed by atoms with Crippen LogP contribution in [0.15, 0.2) is 54.6 Å². The lowest BCUT2D eigenvalue weighted by Crippen LogP contribution is -2.53. The molecule has 0 saturated heterocycles. The SMILES string of the molecule is NC(=O)C1(c2ccccc2)CNc2ccccc2O1. The predicted molar refractivity (Wildman–Crippen MR) is 72.9 cm³/mol. The molecule has 1 amide bonds. The van der Waals surface area contributed by atoms with Crippen molar-refractivity contribution >= 4 is 11.6 Å². The minimum absolute atomic E-state index is 0.323. The lowest BCUT2D eigenvalue weighted by atomic mass is 9.91. The Morgan fingerprint density at radius 3 is 2.53 bits per heavy atom. The zero-order valence-corrected chi connectivity index (χ0v) is 10.3. The minimum atomic E-state index is -1.16. The zero-order chi connectivity index (χ0) is 13.3. The second kappa shape index (κ2) is 4.31. The number of ether oxygens (including phenoxy) is 1. The summed E-state index contributed by atoms with van der Waals surface area (Å²) in [5.74, 6) is 0.136. The first-order valence-corrected chi connectivity index (χ1v) is 6.10. The van der Waals surface area contributed by atoms with E-state index >= 15 is 0 Å². The van der Waals surface area contributed by atoms with E-state index in [1.807, 2.05) is 54.6 Å². The number of nitrogens with one attached hydrogen (secondary N) is 1. The number of para-hydroxylation sites is 2. The van der Waals surface area contributed by atoms with Crippen LogP contribution in [-0.2, 0) is 10.4 Å². The molecule has 2 aromatic rings. The first-order valence-electron chi connectivity index (χ1n) is 6.10. The van der Waals surface area contributed by atoms with Crippen LogP contribution in [0.3, 0.4) is 0 Å². The smallest absolute Gasteiger partial charge is 0.268 e. The summed E-state index contributed by atoms with van der Waals surface area (Å²) in [6, 6.07) is 16.8. The summed E-state index contributed by atoms with van der Waals surface area (Å²) in [6.07, 6.45) is 0. The highest BCUT2D eigenvalue weighted by molar-refractivity contribution is 5.87. The van der Waals surface area contributed by atoms with Gasteiger partial charge in [0, 0.05) is 5.56 Å². The molecule has 0 fully saturated rings. The monoisotopic (exact) mass is 254 g/mol. The molecule has 4 heteroatoms. The van der Waals surface area contributed by atoms with Gasteiger partial charge in [-0.2, -0.15) is 0 Å². The molecule has 4 nitrogen and oxygen atoms in total. The number of nitrogens with two attached hydrogens (primary N) is 1. The standard InChI is InChI=1S/C15H14N2O2/c16-14(18)15(11-6-2-1-3-7-11)10-17-12-8-4-5-9-13(12)19-15/h1-9,17H,10H2,(H2,16,18). The number of anilines is 1. The highest BCUT2D eigenvalue weighted by Gasteiger charge is 2.43. The Bertz CT molecular complexity index is 613. The summed E-state index contributed by atoms with van der Waals surface area (Å²) in [4.78, 5) is 11.9. The van der Waals surface area contributed by atoms with E-state index in [0.717, 1.165) is 11.3 Å². The molecule has 19 heavy (non-hydrogen) atoms. The molecule has 96 valence electrons. The normalized spacial score (nSPS) is 20.8. The summed E-state index contributed by atoms with van der Waals surface area (Å²) in [5.41, 5.74) is 6.06. The first-order chi connectivity index (χ1) is 9.22. The summed E-state index contributed by atoms with van der Waals surface area (Å²) >= 11 is 0. The second-order valence-electron chi connectivity index (χ2n) is 4.51. The second-order valence-corrected chi connectivity index (χ2v) is 4.51. The van der Waals surface area contributed by atoms with Crippen LogP contribution in [0, 0.1) is 0 Å². The Kier molecular flexibility index (Phi) is 2.63. The summed E-state index contributed by atoms with van der Waals surface area (Å²) in [5, 5.41) is 3.21. The van der Waals surface area contributed by atoms with E-state index in [1.165, 1.54) is 0 Å². The molecule has 0 bridgehead atoms. The molecule has 0 spiro atoms. The number of carbonyl (C=O) groups is 1. The van der Waals surface area contributed by atoms with Crippen molar-refractivity contribution in [3.05, 3.63) is 60.2 Å². The predicted octanol–water partition coefficient (Wildman–Crippen LogP) is 1.87. The third-order valence-corrected chi connectivity index (χ3v) is 3.34. The van der Waals surface area contributed by atoms with Gasteiger partial charge in [-0.25, -0.2) is 0 Å². The highest BCUT2D eigenvalue weighted by Crippen LogP contribution is 2.37. The molecule has 2 aromatic carbocycles. The molecule has 1 unspecified atom stereocenters. The third-order valence-electron chi connectivity index (χ3n) is 3.34. The van der Waals surface area contributed by atoms with Gasteiger partial charge in [-0.15, -0.1) is 0 Å². The summed E-state index contributed by atoms with van der Waals surface area (Å²) in [7, 11) is 0. The number of hydrogen-bond acceptors (Lipinski definition) is 3. The van der Waals surface area contributed by atoms with Crippen molar-refractivity contribution in [1.82, 2.24) is 0 Å². The van der Waals surface area contributed by atoms with Crippen molar-refractivity contribution in [2.75, 3.05) is 11.9 Å². The van der Waals surface area contributed by atoms with Crippen LogP contribution in [0.2, 0.25) is 0 Å². The Balaban J connectivity index is 2.08. The first kappa shape index (κ1) is 11.6. The van der Waals surface area contributed by atoms with Crippen molar-refractivity contribution < 1.29 is 9.53 Å². The fraction of sp³-hybridized carbons (Fsp3) is 0.133. The summed E-state index contributed by atoms with van der Waals surface area (Å²) in [6.45, 7) is 0.323. The van der Waals surface area contributed by atoms with E-state index in [4.69, 9.17) is 10.5 Å². The molecule has 1 heterocycles. The van der Waals surface area contributed by atoms with E-state index in [9.17, 15) is 4.79 Å². The molecule has 1 aliphatic rings. The van der Waals surface area contributed by atoms with Gasteiger partial charge in [-0.1, -0.05) is 42.5 Å². The van der Waals surface area contributed by atoms with Gasteiger partial charge in [-0.05, 0) is 12.1 Å². The molecule has 0 aromatic heterocycles. The van der Waals surface area contributed by atoms with Gasteiger partial charge in [0.15, 0.2) is 0 Å². The average molecular weight is 254 g/mol. The van der Waals surface area contributed by atoms with Crippen LogP contribution >= 0.6 is 0 Å². The van der Waals surface area contributed by atoms with Crippen LogP contribution in [0.25, 0.3) is 0 Å². The highest BCUT2D eigenvalue weighted by atomic mass is 16.5. The van der Waals surface area contributed by atoms with Crippen molar-refractivity contribution in [3.8, 4) is 5.75 Å². The van der Waals surface area contributed by atoms with Crippen molar-refractivity contribution in [1.29, 1.82) is 0 Å². The maximum absolute atomic E-state index is 11.9. The topological polar surface area (TPSA) is 64.4 Å². The van der Waals surface area contributed by atoms with E-state index in [-0.39, 0.29) is 0 Å². The maximum Gasteiger partial charge on any atom is 0.268 e. The van der Waals surface area contributed by atoms with Gasteiger partial charge in [0.2, 0.25) is 5.60 Å². The molecule has 1 atom stereocenters.